The molecule has 1 aliphatic heterocycles. The van der Waals surface area contributed by atoms with Gasteiger partial charge in [-0.15, -0.1) is 0 Å². The third kappa shape index (κ3) is 7.31. The number of esters is 6. The molecule has 2 aromatic rings. The molecule has 9 atom stereocenters. The molecule has 2 bridgehead atoms. The summed E-state index contributed by atoms with van der Waals surface area (Å²) in [5.74, 6) is -7.78. The molecule has 1 saturated heterocycles. The van der Waals surface area contributed by atoms with Crippen LogP contribution >= 0.6 is 0 Å². The van der Waals surface area contributed by atoms with Crippen LogP contribution in [0.15, 0.2) is 54.7 Å². The molecule has 15 heteroatoms. The molecule has 5 rings (SSSR count). The van der Waals surface area contributed by atoms with E-state index >= 15 is 0 Å². The highest BCUT2D eigenvalue weighted by Gasteiger charge is 2.89. The molecule has 1 aromatic heterocycles. The molecule has 1 N–H and O–H groups in total. The second-order valence-corrected chi connectivity index (χ2v) is 15.7. The quantitative estimate of drug-likeness (QED) is 0.256. The van der Waals surface area contributed by atoms with Gasteiger partial charge in [-0.2, -0.15) is 0 Å². The topological polar surface area (TPSA) is 200 Å². The number of fused-ring (bicyclic) bond motifs is 1. The molecule has 2 saturated carbocycles. The van der Waals surface area contributed by atoms with Crippen LogP contribution in [0.1, 0.15) is 89.6 Å². The van der Waals surface area contributed by atoms with Crippen molar-refractivity contribution in [1.82, 2.24) is 4.98 Å². The van der Waals surface area contributed by atoms with Gasteiger partial charge in [0.15, 0.2) is 17.8 Å². The highest BCUT2D eigenvalue weighted by molar-refractivity contribution is 5.90. The van der Waals surface area contributed by atoms with Gasteiger partial charge in [-0.25, -0.2) is 14.6 Å². The predicted octanol–water partition coefficient (Wildman–Crippen LogP) is 3.78. The lowest BCUT2D eigenvalue weighted by atomic mass is 9.45. The maximum atomic E-state index is 14.3. The molecular formula is C40H49NO14. The fraction of sp³-hybridized carbons (Fsp3) is 0.575. The Hall–Kier alpha value is -4.89. The lowest BCUT2D eigenvalue weighted by Gasteiger charge is -2.66. The average Bonchev–Trinajstić information content (AvgIpc) is 3.31. The molecular weight excluding hydrogens is 718 g/mol. The summed E-state index contributed by atoms with van der Waals surface area (Å²) in [7, 11) is 0. The van der Waals surface area contributed by atoms with Crippen LogP contribution in [0.2, 0.25) is 0 Å². The lowest BCUT2D eigenvalue weighted by Crippen LogP contribution is -2.85. The van der Waals surface area contributed by atoms with Gasteiger partial charge in [-0.1, -0.05) is 52.0 Å². The molecule has 15 nitrogen and oxygen atoms in total. The molecule has 0 radical (unpaired) electrons. The van der Waals surface area contributed by atoms with Crippen molar-refractivity contribution in [2.45, 2.75) is 116 Å². The van der Waals surface area contributed by atoms with Crippen molar-refractivity contribution in [3.05, 3.63) is 66.0 Å². The van der Waals surface area contributed by atoms with Crippen LogP contribution < -0.4 is 0 Å². The molecule has 1 aromatic carbocycles. The zero-order chi connectivity index (χ0) is 40.7. The Morgan fingerprint density at radius 1 is 0.764 bits per heavy atom. The Morgan fingerprint density at radius 2 is 1.36 bits per heavy atom. The van der Waals surface area contributed by atoms with Crippen LogP contribution in [-0.2, 0) is 52.3 Å². The number of aliphatic hydroxyl groups is 1. The molecule has 2 heterocycles. The number of carbonyl (C=O) groups excluding carboxylic acids is 6. The van der Waals surface area contributed by atoms with Gasteiger partial charge in [0.25, 0.3) is 0 Å². The van der Waals surface area contributed by atoms with Crippen LogP contribution in [-0.4, -0.2) is 99.8 Å². The molecule has 0 amide bonds. The number of ether oxygens (including phenoxy) is 7. The van der Waals surface area contributed by atoms with E-state index in [1.165, 1.54) is 37.4 Å². The first-order valence-corrected chi connectivity index (χ1v) is 18.2. The molecule has 3 aliphatic rings. The first-order chi connectivity index (χ1) is 25.7. The summed E-state index contributed by atoms with van der Waals surface area (Å²) in [6.07, 6.45) is -7.45. The van der Waals surface area contributed by atoms with Crippen LogP contribution in [0.25, 0.3) is 0 Å². The molecule has 1 spiro atoms. The van der Waals surface area contributed by atoms with Gasteiger partial charge in [-0.05, 0) is 45.0 Å². The Kier molecular flexibility index (Phi) is 11.5. The number of hydrogen-bond acceptors (Lipinski definition) is 15. The summed E-state index contributed by atoms with van der Waals surface area (Å²) in [6.45, 7) is 12.3. The van der Waals surface area contributed by atoms with E-state index in [4.69, 9.17) is 33.2 Å². The Balaban J connectivity index is 1.93. The monoisotopic (exact) mass is 767 g/mol. The Labute approximate surface area is 319 Å². The fourth-order valence-electron chi connectivity index (χ4n) is 8.51. The summed E-state index contributed by atoms with van der Waals surface area (Å²) >= 11 is 0. The van der Waals surface area contributed by atoms with E-state index in [1.54, 1.807) is 65.8 Å². The Morgan fingerprint density at radius 3 is 1.93 bits per heavy atom. The van der Waals surface area contributed by atoms with E-state index in [-0.39, 0.29) is 11.3 Å². The largest absolute Gasteiger partial charge is 0.464 e. The molecule has 55 heavy (non-hydrogen) atoms. The van der Waals surface area contributed by atoms with Crippen LogP contribution in [0.4, 0.5) is 0 Å². The molecule has 298 valence electrons. The van der Waals surface area contributed by atoms with E-state index in [1.807, 2.05) is 0 Å². The van der Waals surface area contributed by atoms with Gasteiger partial charge in [0, 0.05) is 26.5 Å². The fourth-order valence-corrected chi connectivity index (χ4v) is 8.51. The maximum absolute atomic E-state index is 14.3. The minimum absolute atomic E-state index is 0.0654. The van der Waals surface area contributed by atoms with E-state index in [2.05, 4.69) is 4.98 Å². The number of pyridine rings is 1. The standard InChI is InChI=1S/C40H49NO14/c1-21(2)33(44)49-20-39-30(53-36(47)26-17-13-14-18-41-26)27(50-23(5)42)19-38(9,48)40(39)31(51-24(6)43)28(37(7,8)55-40)29(52-34(45)22(3)4)32(39)54-35(46)25-15-11-10-12-16-25/h10-18,21-22,27-32,48H,19-20H2,1-9H3/t27-,28+,29-,30-,31+,32-,38-,39-,40-/m0/s1. The number of carbonyl (C=O) groups is 6. The summed E-state index contributed by atoms with van der Waals surface area (Å²) in [5, 5.41) is 12.9. The van der Waals surface area contributed by atoms with E-state index < -0.39 is 119 Å². The number of rotatable bonds is 11. The second kappa shape index (κ2) is 15.3. The highest BCUT2D eigenvalue weighted by Crippen LogP contribution is 2.69. The highest BCUT2D eigenvalue weighted by atomic mass is 16.7. The van der Waals surface area contributed by atoms with Crippen LogP contribution in [0.3, 0.4) is 0 Å². The second-order valence-electron chi connectivity index (χ2n) is 15.7. The maximum Gasteiger partial charge on any atom is 0.357 e. The smallest absolute Gasteiger partial charge is 0.357 e. The minimum Gasteiger partial charge on any atom is -0.464 e. The third-order valence-electron chi connectivity index (χ3n) is 10.7. The predicted molar refractivity (Wildman–Crippen MR) is 190 cm³/mol. The van der Waals surface area contributed by atoms with Crippen LogP contribution in [0.5, 0.6) is 0 Å². The van der Waals surface area contributed by atoms with Crippen molar-refractivity contribution in [1.29, 1.82) is 0 Å². The first kappa shape index (κ1) is 41.3. The van der Waals surface area contributed by atoms with Gasteiger partial charge in [0.05, 0.1) is 34.5 Å². The van der Waals surface area contributed by atoms with E-state index in [0.717, 1.165) is 13.8 Å². The average molecular weight is 768 g/mol. The van der Waals surface area contributed by atoms with Crippen LogP contribution in [0, 0.1) is 23.2 Å². The SMILES string of the molecule is CC(=O)O[C@H]1C[C@](C)(O)[C@]23OC(C)(C)[C@H]([C@H](OC(=O)C(C)C)[C@H](OC(=O)c4ccccc4)[C@]2(COC(=O)C(C)C)[C@H]1OC(=O)c1ccccn1)[C@H]3OC(C)=O. The normalized spacial score (nSPS) is 31.8. The number of benzene rings is 1. The van der Waals surface area contributed by atoms with Gasteiger partial charge in [0.1, 0.15) is 36.0 Å². The van der Waals surface area contributed by atoms with Gasteiger partial charge in [0.2, 0.25) is 0 Å². The first-order valence-electron chi connectivity index (χ1n) is 18.2. The lowest BCUT2D eigenvalue weighted by molar-refractivity contribution is -0.362. The molecule has 3 fully saturated rings. The van der Waals surface area contributed by atoms with Crippen molar-refractivity contribution in [3.8, 4) is 0 Å². The number of nitrogens with zero attached hydrogens (tertiary/aromatic N) is 1. The summed E-state index contributed by atoms with van der Waals surface area (Å²) in [6, 6.07) is 12.3. The summed E-state index contributed by atoms with van der Waals surface area (Å²) in [5.41, 5.74) is -8.48. The van der Waals surface area contributed by atoms with Crippen molar-refractivity contribution < 1.29 is 67.0 Å². The molecule has 0 unspecified atom stereocenters. The van der Waals surface area contributed by atoms with Gasteiger partial charge in [-0.3, -0.25) is 19.2 Å². The van der Waals surface area contributed by atoms with Gasteiger partial charge < -0.3 is 38.3 Å². The van der Waals surface area contributed by atoms with Crippen molar-refractivity contribution in [2.24, 2.45) is 23.2 Å². The zero-order valence-electron chi connectivity index (χ0n) is 32.4. The van der Waals surface area contributed by atoms with Gasteiger partial charge >= 0.3 is 35.8 Å². The summed E-state index contributed by atoms with van der Waals surface area (Å²) < 4.78 is 43.9. The van der Waals surface area contributed by atoms with Crippen molar-refractivity contribution in [3.63, 3.8) is 0 Å². The number of aromatic nitrogens is 1. The van der Waals surface area contributed by atoms with E-state index in [0.29, 0.717) is 0 Å². The zero-order valence-corrected chi connectivity index (χ0v) is 32.4. The third-order valence-corrected chi connectivity index (χ3v) is 10.7. The number of hydrogen-bond donors (Lipinski definition) is 1. The summed E-state index contributed by atoms with van der Waals surface area (Å²) in [4.78, 5) is 85.8. The van der Waals surface area contributed by atoms with E-state index in [9.17, 15) is 33.9 Å². The van der Waals surface area contributed by atoms with Crippen molar-refractivity contribution in [2.75, 3.05) is 6.61 Å². The molecule has 2 aliphatic carbocycles. The van der Waals surface area contributed by atoms with Crippen molar-refractivity contribution >= 4 is 35.8 Å². The Bertz CT molecular complexity index is 1790. The minimum atomic E-state index is -2.37.